The van der Waals surface area contributed by atoms with E-state index in [0.29, 0.717) is 0 Å². The maximum Gasteiger partial charge on any atom is 0.168 e. The lowest BCUT2D eigenvalue weighted by Gasteiger charge is -2.09. The van der Waals surface area contributed by atoms with Crippen molar-refractivity contribution in [3.63, 3.8) is 0 Å². The third-order valence-corrected chi connectivity index (χ3v) is 3.10. The molecule has 2 heterocycles. The number of nitrogens with zero attached hydrogens (tertiary/aromatic N) is 2. The van der Waals surface area contributed by atoms with Crippen LogP contribution in [0.1, 0.15) is 0 Å². The average molecular weight is 392 g/mol. The highest BCUT2D eigenvalue weighted by Gasteiger charge is 1.98. The molecule has 2 aromatic rings. The van der Waals surface area contributed by atoms with Crippen LogP contribution in [0.2, 0.25) is 0 Å². The van der Waals surface area contributed by atoms with Crippen LogP contribution in [0.4, 0.5) is 0 Å². The Balaban J connectivity index is 0.000000358. The van der Waals surface area contributed by atoms with Crippen molar-refractivity contribution in [3.05, 3.63) is 61.2 Å². The maximum atomic E-state index is 9.74. The molecule has 0 atom stereocenters. The van der Waals surface area contributed by atoms with E-state index in [1.54, 1.807) is 0 Å². The van der Waals surface area contributed by atoms with E-state index in [1.165, 1.54) is 0 Å². The predicted molar refractivity (Wildman–Crippen MR) is 85.4 cm³/mol. The van der Waals surface area contributed by atoms with Crippen LogP contribution in [0.15, 0.2) is 61.2 Å². The summed E-state index contributed by atoms with van der Waals surface area (Å²) in [5.74, 6) is -2.62. The maximum absolute atomic E-state index is 9.74. The van der Waals surface area contributed by atoms with Crippen molar-refractivity contribution in [2.24, 2.45) is 14.1 Å². The van der Waals surface area contributed by atoms with E-state index in [4.69, 9.17) is 0 Å². The second-order valence-corrected chi connectivity index (χ2v) is 7.34. The van der Waals surface area contributed by atoms with Gasteiger partial charge in [0.1, 0.15) is 46.2 Å². The Hall–Kier alpha value is -1.92. The van der Waals surface area contributed by atoms with Crippen molar-refractivity contribution in [1.82, 2.24) is 0 Å². The first-order valence-electron chi connectivity index (χ1n) is 6.75. The third-order valence-electron chi connectivity index (χ3n) is 2.18. The van der Waals surface area contributed by atoms with Crippen LogP contribution in [0.5, 0.6) is 0 Å². The van der Waals surface area contributed by atoms with Gasteiger partial charge in [-0.3, -0.25) is 0 Å². The van der Waals surface area contributed by atoms with Crippen LogP contribution in [-0.2, 0) is 39.1 Å². The van der Waals surface area contributed by atoms with E-state index < -0.39 is 32.1 Å². The number of aromatic nitrogens is 2. The monoisotopic (exact) mass is 392 g/mol. The fourth-order valence-corrected chi connectivity index (χ4v) is 1.89. The minimum atomic E-state index is -4.62. The molecule has 2 rings (SSSR count). The van der Waals surface area contributed by atoms with Crippen LogP contribution in [0.3, 0.4) is 0 Å². The summed E-state index contributed by atoms with van der Waals surface area (Å²) < 4.78 is 66.2. The molecule has 0 aromatic carbocycles. The first-order valence-corrected chi connectivity index (χ1v) is 9.90. The molecule has 0 bridgehead atoms. The van der Waals surface area contributed by atoms with Crippen LogP contribution >= 0.6 is 0 Å². The van der Waals surface area contributed by atoms with Gasteiger partial charge >= 0.3 is 0 Å². The zero-order chi connectivity index (χ0) is 19.3. The first kappa shape index (κ1) is 23.1. The Kier molecular flexibility index (Phi) is 10.7. The van der Waals surface area contributed by atoms with Gasteiger partial charge in [-0.1, -0.05) is 12.1 Å². The molecule has 0 unspecified atom stereocenters. The third kappa shape index (κ3) is 18.3. The molecule has 140 valence electrons. The molecule has 11 heteroatoms. The molecule has 2 aromatic heterocycles. The van der Waals surface area contributed by atoms with E-state index in [-0.39, 0.29) is 0 Å². The summed E-state index contributed by atoms with van der Waals surface area (Å²) in [4.78, 5) is 0. The van der Waals surface area contributed by atoms with Gasteiger partial charge < -0.3 is 13.8 Å². The van der Waals surface area contributed by atoms with Crippen molar-refractivity contribution in [2.75, 3.05) is 11.9 Å². The molecule has 9 nitrogen and oxygen atoms in total. The van der Waals surface area contributed by atoms with Gasteiger partial charge in [-0.05, 0) is 0 Å². The number of rotatable bonds is 4. The Morgan fingerprint density at radius 2 is 0.960 bits per heavy atom. The van der Waals surface area contributed by atoms with Gasteiger partial charge in [0, 0.05) is 24.3 Å². The highest BCUT2D eigenvalue weighted by molar-refractivity contribution is 7.86. The van der Waals surface area contributed by atoms with Crippen LogP contribution < -0.4 is 9.13 Å². The fourth-order valence-electron chi connectivity index (χ4n) is 1.21. The zero-order valence-electron chi connectivity index (χ0n) is 13.8. The number of pyridine rings is 2. The van der Waals surface area contributed by atoms with Crippen molar-refractivity contribution < 1.29 is 39.8 Å². The zero-order valence-corrected chi connectivity index (χ0v) is 15.4. The van der Waals surface area contributed by atoms with E-state index in [2.05, 4.69) is 4.74 Å². The summed E-state index contributed by atoms with van der Waals surface area (Å²) in [6.45, 7) is 0. The summed E-state index contributed by atoms with van der Waals surface area (Å²) in [6, 6.07) is 12.0. The quantitative estimate of drug-likeness (QED) is 0.483. The van der Waals surface area contributed by atoms with Crippen molar-refractivity contribution in [3.8, 4) is 0 Å². The molecule has 25 heavy (non-hydrogen) atoms. The second-order valence-electron chi connectivity index (χ2n) is 4.64. The molecule has 0 saturated heterocycles. The normalized spacial score (nSPS) is 10.7. The molecule has 0 aliphatic carbocycles. The number of hydrogen-bond acceptors (Lipinski definition) is 7. The number of hydrogen-bond donors (Lipinski definition) is 0. The smallest absolute Gasteiger partial charge is 0.168 e. The highest BCUT2D eigenvalue weighted by atomic mass is 32.2. The Labute approximate surface area is 147 Å². The van der Waals surface area contributed by atoms with Gasteiger partial charge in [-0.15, -0.1) is 0 Å². The fraction of sp³-hybridized carbons (Fsp3) is 0.286. The standard InChI is InChI=1S/2C6H8N.C2H6O7S2/c2*1-7-5-3-2-4-6-7;3-10(4,5)1-9-2-11(6,7)8/h2*2-6H,1H3;1-2H2,(H,3,4,5)(H,6,7,8)/q2*+1;/p-2. The van der Waals surface area contributed by atoms with Gasteiger partial charge in [-0.2, -0.15) is 0 Å². The molecular weight excluding hydrogens is 372 g/mol. The van der Waals surface area contributed by atoms with Crippen LogP contribution in [0.25, 0.3) is 0 Å². The van der Waals surface area contributed by atoms with E-state index in [1.807, 2.05) is 84.4 Å². The predicted octanol–water partition coefficient (Wildman–Crippen LogP) is -0.969. The molecular formula is C14H20N2O7S2. The molecule has 0 fully saturated rings. The topological polar surface area (TPSA) is 131 Å². The number of ether oxygens (including phenoxy) is 1. The Morgan fingerprint density at radius 1 is 0.680 bits per heavy atom. The highest BCUT2D eigenvalue weighted by Crippen LogP contribution is 1.87. The molecule has 0 aliphatic rings. The molecule has 0 aliphatic heterocycles. The lowest BCUT2D eigenvalue weighted by Crippen LogP contribution is -2.25. The molecule has 0 saturated carbocycles. The summed E-state index contributed by atoms with van der Waals surface area (Å²) in [6.07, 6.45) is 8.00. The molecule has 0 amide bonds. The summed E-state index contributed by atoms with van der Waals surface area (Å²) in [5.41, 5.74) is 0. The van der Waals surface area contributed by atoms with Crippen molar-refractivity contribution >= 4 is 20.2 Å². The second kappa shape index (κ2) is 11.6. The van der Waals surface area contributed by atoms with E-state index in [9.17, 15) is 25.9 Å². The van der Waals surface area contributed by atoms with Crippen LogP contribution in [0, 0.1) is 0 Å². The molecule has 0 radical (unpaired) electrons. The minimum Gasteiger partial charge on any atom is -0.746 e. The Morgan fingerprint density at radius 3 is 1.12 bits per heavy atom. The van der Waals surface area contributed by atoms with Gasteiger partial charge in [-0.25, -0.2) is 26.0 Å². The van der Waals surface area contributed by atoms with E-state index >= 15 is 0 Å². The van der Waals surface area contributed by atoms with Crippen LogP contribution in [-0.4, -0.2) is 37.8 Å². The largest absolute Gasteiger partial charge is 0.746 e. The van der Waals surface area contributed by atoms with Crippen molar-refractivity contribution in [1.29, 1.82) is 0 Å². The first-order chi connectivity index (χ1) is 11.5. The lowest BCUT2D eigenvalue weighted by molar-refractivity contribution is -0.671. The van der Waals surface area contributed by atoms with Gasteiger partial charge in [0.15, 0.2) is 24.8 Å². The summed E-state index contributed by atoms with van der Waals surface area (Å²) >= 11 is 0. The van der Waals surface area contributed by atoms with Gasteiger partial charge in [0.25, 0.3) is 0 Å². The van der Waals surface area contributed by atoms with Crippen molar-refractivity contribution in [2.45, 2.75) is 0 Å². The Bertz CT molecular complexity index is 726. The average Bonchev–Trinajstić information content (AvgIpc) is 2.47. The molecule has 0 spiro atoms. The lowest BCUT2D eigenvalue weighted by atomic mass is 10.5. The number of aryl methyl sites for hydroxylation is 2. The van der Waals surface area contributed by atoms with Gasteiger partial charge in [0.05, 0.1) is 0 Å². The molecule has 0 N–H and O–H groups in total. The van der Waals surface area contributed by atoms with E-state index in [0.717, 1.165) is 0 Å². The summed E-state index contributed by atoms with van der Waals surface area (Å²) in [5, 5.41) is 0. The minimum absolute atomic E-state index is 1.31. The van der Waals surface area contributed by atoms with Gasteiger partial charge in [0.2, 0.25) is 0 Å². The summed E-state index contributed by atoms with van der Waals surface area (Å²) in [7, 11) is -5.24. The SMILES string of the molecule is C[n+]1ccccc1.C[n+]1ccccc1.O=S(=O)([O-])COCS(=O)(=O)[O-].